The number of carbonyl (C=O) groups is 3. The molecule has 2 N–H and O–H groups in total. The topological polar surface area (TPSA) is 84.5 Å². The molecule has 0 aliphatic carbocycles. The maximum Gasteiger partial charge on any atom is 0.308 e. The lowest BCUT2D eigenvalue weighted by Crippen LogP contribution is -2.38. The van der Waals surface area contributed by atoms with Crippen LogP contribution in [-0.2, 0) is 19.1 Å². The molecule has 3 atom stereocenters. The van der Waals surface area contributed by atoms with Crippen molar-refractivity contribution in [1.29, 1.82) is 0 Å². The van der Waals surface area contributed by atoms with E-state index in [1.165, 1.54) is 30.8 Å². The number of fused-ring (bicyclic) bond motifs is 1. The number of hydrogen-bond donors (Lipinski definition) is 2. The highest BCUT2D eigenvalue weighted by molar-refractivity contribution is 8.01. The smallest absolute Gasteiger partial charge is 0.308 e. The number of esters is 1. The lowest BCUT2D eigenvalue weighted by Gasteiger charge is -2.24. The number of anilines is 1. The Morgan fingerprint density at radius 1 is 1.17 bits per heavy atom. The van der Waals surface area contributed by atoms with Crippen LogP contribution in [0.2, 0.25) is 0 Å². The quantitative estimate of drug-likeness (QED) is 0.705. The first-order chi connectivity index (χ1) is 13.8. The third-order valence-electron chi connectivity index (χ3n) is 4.46. The number of amides is 2. The number of rotatable bonds is 6. The first kappa shape index (κ1) is 20.9. The second-order valence-electron chi connectivity index (χ2n) is 6.71. The van der Waals surface area contributed by atoms with Crippen LogP contribution in [0.1, 0.15) is 31.9 Å². The molecule has 2 aromatic carbocycles. The van der Waals surface area contributed by atoms with Crippen LogP contribution in [0.3, 0.4) is 0 Å². The molecule has 1 heterocycles. The van der Waals surface area contributed by atoms with Gasteiger partial charge in [0.2, 0.25) is 5.91 Å². The normalized spacial score (nSPS) is 17.5. The largest absolute Gasteiger partial charge is 0.453 e. The van der Waals surface area contributed by atoms with Gasteiger partial charge >= 0.3 is 5.97 Å². The molecule has 2 amide bonds. The maximum atomic E-state index is 13.0. The molecule has 1 aliphatic heterocycles. The Bertz CT molecular complexity index is 919. The molecule has 0 radical (unpaired) electrons. The van der Waals surface area contributed by atoms with Gasteiger partial charge in [-0.2, -0.15) is 0 Å². The number of hydrogen-bond acceptors (Lipinski definition) is 5. The van der Waals surface area contributed by atoms with E-state index in [9.17, 15) is 18.8 Å². The fraction of sp³-hybridized carbons (Fsp3) is 0.286. The van der Waals surface area contributed by atoms with Crippen LogP contribution in [0.4, 0.5) is 10.1 Å². The Labute approximate surface area is 172 Å². The molecule has 0 spiro atoms. The lowest BCUT2D eigenvalue weighted by atomic mass is 10.1. The number of thioether (sulfide) groups is 1. The monoisotopic (exact) mass is 416 g/mol. The van der Waals surface area contributed by atoms with Gasteiger partial charge in [-0.3, -0.25) is 14.4 Å². The summed E-state index contributed by atoms with van der Waals surface area (Å²) in [4.78, 5) is 37.6. The van der Waals surface area contributed by atoms with Crippen molar-refractivity contribution in [3.8, 4) is 0 Å². The summed E-state index contributed by atoms with van der Waals surface area (Å²) in [6, 6.07) is 12.7. The summed E-state index contributed by atoms with van der Waals surface area (Å²) < 4.78 is 18.2. The van der Waals surface area contributed by atoms with Crippen molar-refractivity contribution in [2.24, 2.45) is 0 Å². The van der Waals surface area contributed by atoms with E-state index in [0.29, 0.717) is 0 Å². The molecule has 0 aromatic heterocycles. The number of benzene rings is 2. The summed E-state index contributed by atoms with van der Waals surface area (Å²) in [5.41, 5.74) is 1.45. The van der Waals surface area contributed by atoms with Crippen LogP contribution < -0.4 is 10.6 Å². The highest BCUT2D eigenvalue weighted by Gasteiger charge is 2.30. The van der Waals surface area contributed by atoms with Crippen LogP contribution in [0.25, 0.3) is 0 Å². The van der Waals surface area contributed by atoms with Gasteiger partial charge in [0.15, 0.2) is 6.10 Å². The van der Waals surface area contributed by atoms with Crippen molar-refractivity contribution in [1.82, 2.24) is 5.32 Å². The molecular formula is C21H21FN2O4S. The van der Waals surface area contributed by atoms with Gasteiger partial charge in [-0.15, -0.1) is 11.8 Å². The molecule has 0 unspecified atom stereocenters. The van der Waals surface area contributed by atoms with E-state index in [2.05, 4.69) is 10.6 Å². The van der Waals surface area contributed by atoms with Crippen molar-refractivity contribution in [2.75, 3.05) is 5.32 Å². The molecule has 0 fully saturated rings. The van der Waals surface area contributed by atoms with E-state index in [-0.39, 0.29) is 24.2 Å². The molecule has 0 saturated heterocycles. The number of carbonyl (C=O) groups excluding carboxylic acids is 3. The van der Waals surface area contributed by atoms with Gasteiger partial charge in [-0.1, -0.05) is 24.3 Å². The SMILES string of the molecule is C[C@H](OC(=O)C[C@H]1Sc2ccccc2NC1=O)C(=O)N[C@H](C)c1ccc(F)cc1. The Kier molecular flexibility index (Phi) is 6.53. The lowest BCUT2D eigenvalue weighted by molar-refractivity contribution is -0.155. The van der Waals surface area contributed by atoms with Crippen molar-refractivity contribution in [2.45, 2.75) is 42.6 Å². The Hall–Kier alpha value is -2.87. The van der Waals surface area contributed by atoms with Crippen LogP contribution in [0.5, 0.6) is 0 Å². The minimum absolute atomic E-state index is 0.143. The molecule has 1 aliphatic rings. The van der Waals surface area contributed by atoms with E-state index < -0.39 is 23.2 Å². The first-order valence-corrected chi connectivity index (χ1v) is 10.0. The van der Waals surface area contributed by atoms with E-state index in [0.717, 1.165) is 16.1 Å². The number of nitrogens with one attached hydrogen (secondary N) is 2. The predicted octanol–water partition coefficient (Wildman–Crippen LogP) is 3.44. The van der Waals surface area contributed by atoms with Gasteiger partial charge in [0.25, 0.3) is 5.91 Å². The molecule has 3 rings (SSSR count). The van der Waals surface area contributed by atoms with Gasteiger partial charge in [-0.05, 0) is 43.7 Å². The molecule has 0 bridgehead atoms. The zero-order valence-corrected chi connectivity index (χ0v) is 16.8. The first-order valence-electron chi connectivity index (χ1n) is 9.15. The van der Waals surface area contributed by atoms with Crippen LogP contribution in [0, 0.1) is 5.82 Å². The predicted molar refractivity (Wildman–Crippen MR) is 108 cm³/mol. The van der Waals surface area contributed by atoms with Crippen LogP contribution in [-0.4, -0.2) is 29.1 Å². The molecule has 0 saturated carbocycles. The second kappa shape index (κ2) is 9.09. The van der Waals surface area contributed by atoms with Crippen LogP contribution >= 0.6 is 11.8 Å². The maximum absolute atomic E-state index is 13.0. The average molecular weight is 416 g/mol. The third-order valence-corrected chi connectivity index (χ3v) is 5.74. The molecule has 29 heavy (non-hydrogen) atoms. The summed E-state index contributed by atoms with van der Waals surface area (Å²) in [7, 11) is 0. The summed E-state index contributed by atoms with van der Waals surface area (Å²) in [5, 5.41) is 4.87. The number of ether oxygens (including phenoxy) is 1. The number of halogens is 1. The minimum atomic E-state index is -1.02. The van der Waals surface area contributed by atoms with Crippen molar-refractivity contribution < 1.29 is 23.5 Å². The van der Waals surface area contributed by atoms with E-state index in [1.807, 2.05) is 18.2 Å². The van der Waals surface area contributed by atoms with Gasteiger partial charge in [0, 0.05) is 4.90 Å². The van der Waals surface area contributed by atoms with E-state index >= 15 is 0 Å². The fourth-order valence-electron chi connectivity index (χ4n) is 2.84. The summed E-state index contributed by atoms with van der Waals surface area (Å²) in [6.45, 7) is 3.22. The fourth-order valence-corrected chi connectivity index (χ4v) is 3.94. The zero-order chi connectivity index (χ0) is 21.0. The van der Waals surface area contributed by atoms with Gasteiger partial charge in [0.05, 0.1) is 23.4 Å². The highest BCUT2D eigenvalue weighted by atomic mass is 32.2. The van der Waals surface area contributed by atoms with Crippen molar-refractivity contribution in [3.05, 3.63) is 59.9 Å². The molecular weight excluding hydrogens is 395 g/mol. The van der Waals surface area contributed by atoms with Gasteiger partial charge in [-0.25, -0.2) is 4.39 Å². The van der Waals surface area contributed by atoms with Gasteiger partial charge < -0.3 is 15.4 Å². The van der Waals surface area contributed by atoms with Gasteiger partial charge in [0.1, 0.15) is 5.82 Å². The molecule has 8 heteroatoms. The minimum Gasteiger partial charge on any atom is -0.453 e. The zero-order valence-electron chi connectivity index (χ0n) is 16.0. The summed E-state index contributed by atoms with van der Waals surface area (Å²) in [5.74, 6) is -1.73. The summed E-state index contributed by atoms with van der Waals surface area (Å²) in [6.07, 6.45) is -1.16. The van der Waals surface area contributed by atoms with Crippen molar-refractivity contribution in [3.63, 3.8) is 0 Å². The van der Waals surface area contributed by atoms with Crippen molar-refractivity contribution >= 4 is 35.2 Å². The highest BCUT2D eigenvalue weighted by Crippen LogP contribution is 2.36. The molecule has 2 aromatic rings. The Morgan fingerprint density at radius 3 is 2.59 bits per heavy atom. The van der Waals surface area contributed by atoms with E-state index in [4.69, 9.17) is 4.74 Å². The Balaban J connectivity index is 1.51. The van der Waals surface area contributed by atoms with Crippen LogP contribution in [0.15, 0.2) is 53.4 Å². The van der Waals surface area contributed by atoms with E-state index in [1.54, 1.807) is 25.1 Å². The Morgan fingerprint density at radius 2 is 1.86 bits per heavy atom. The molecule has 152 valence electrons. The number of para-hydroxylation sites is 1. The second-order valence-corrected chi connectivity index (χ2v) is 7.95. The summed E-state index contributed by atoms with van der Waals surface area (Å²) >= 11 is 1.29. The average Bonchev–Trinajstić information content (AvgIpc) is 2.68. The third kappa shape index (κ3) is 5.35. The molecule has 6 nitrogen and oxygen atoms in total. The standard InChI is InChI=1S/C21H21FN2O4S/c1-12(14-7-9-15(22)10-8-14)23-20(26)13(2)28-19(25)11-18-21(27)24-16-5-3-4-6-17(16)29-18/h3-10,12-13,18H,11H2,1-2H3,(H,23,26)(H,24,27)/t12-,13+,18-/m1/s1.